The maximum absolute atomic E-state index is 13.9. The number of likely N-dealkylation sites (tertiary alicyclic amines) is 1. The second-order valence-corrected chi connectivity index (χ2v) is 12.1. The maximum atomic E-state index is 13.9. The van der Waals surface area contributed by atoms with Crippen LogP contribution >= 0.6 is 0 Å². The van der Waals surface area contributed by atoms with Crippen molar-refractivity contribution in [2.75, 3.05) is 11.9 Å². The smallest absolute Gasteiger partial charge is 0.407 e. The van der Waals surface area contributed by atoms with Gasteiger partial charge in [-0.1, -0.05) is 69.3 Å². The first kappa shape index (κ1) is 29.6. The molecular formula is C31H37N5O5. The average Bonchev–Trinajstić information content (AvgIpc) is 3.44. The highest BCUT2D eigenvalue weighted by atomic mass is 16.5. The van der Waals surface area contributed by atoms with Crippen LogP contribution in [0.4, 0.5) is 10.5 Å². The van der Waals surface area contributed by atoms with Crippen LogP contribution in [0.3, 0.4) is 0 Å². The fourth-order valence-corrected chi connectivity index (χ4v) is 5.55. The number of hydrogen-bond donors (Lipinski definition) is 3. The molecule has 4 rings (SSSR count). The minimum Gasteiger partial charge on any atom is -0.445 e. The summed E-state index contributed by atoms with van der Waals surface area (Å²) in [6.45, 7) is 7.71. The Morgan fingerprint density at radius 3 is 2.49 bits per heavy atom. The highest BCUT2D eigenvalue weighted by Gasteiger charge is 2.56. The molecule has 1 fully saturated rings. The molecule has 2 heterocycles. The summed E-state index contributed by atoms with van der Waals surface area (Å²) < 4.78 is 5.23. The van der Waals surface area contributed by atoms with Crippen LogP contribution in [-0.4, -0.2) is 53.4 Å². The quantitative estimate of drug-likeness (QED) is 0.451. The second kappa shape index (κ2) is 12.0. The molecule has 3 N–H and O–H groups in total. The van der Waals surface area contributed by atoms with Crippen LogP contribution in [0.1, 0.15) is 58.1 Å². The molecule has 10 heteroatoms. The van der Waals surface area contributed by atoms with E-state index >= 15 is 0 Å². The first-order chi connectivity index (χ1) is 19.4. The van der Waals surface area contributed by atoms with Crippen LogP contribution < -0.4 is 16.0 Å². The summed E-state index contributed by atoms with van der Waals surface area (Å²) in [6, 6.07) is 16.5. The molecule has 216 valence electrons. The number of amides is 4. The Kier molecular flexibility index (Phi) is 8.66. The molecule has 0 bridgehead atoms. The lowest BCUT2D eigenvalue weighted by molar-refractivity contribution is -0.137. The van der Waals surface area contributed by atoms with E-state index in [9.17, 15) is 24.4 Å². The Labute approximate surface area is 240 Å². The van der Waals surface area contributed by atoms with E-state index in [1.165, 1.54) is 4.90 Å². The number of nitrogens with zero attached hydrogens (tertiary/aromatic N) is 2. The van der Waals surface area contributed by atoms with E-state index in [0.717, 1.165) is 11.1 Å². The molecule has 2 aliphatic rings. The van der Waals surface area contributed by atoms with E-state index in [2.05, 4.69) is 22.0 Å². The zero-order valence-electron chi connectivity index (χ0n) is 23.9. The van der Waals surface area contributed by atoms with Crippen molar-refractivity contribution in [2.45, 2.75) is 77.1 Å². The topological polar surface area (TPSA) is 141 Å². The molecule has 4 atom stereocenters. The summed E-state index contributed by atoms with van der Waals surface area (Å²) in [5, 5.41) is 18.3. The van der Waals surface area contributed by atoms with Crippen LogP contribution in [0.2, 0.25) is 0 Å². The lowest BCUT2D eigenvalue weighted by atomic mass is 9.80. The number of nitriles is 1. The maximum Gasteiger partial charge on any atom is 0.407 e. The van der Waals surface area contributed by atoms with Gasteiger partial charge >= 0.3 is 6.09 Å². The van der Waals surface area contributed by atoms with Crippen LogP contribution in [0.15, 0.2) is 54.6 Å². The van der Waals surface area contributed by atoms with E-state index in [4.69, 9.17) is 4.74 Å². The first-order valence-electron chi connectivity index (χ1n) is 13.8. The third-order valence-corrected chi connectivity index (χ3v) is 7.43. The summed E-state index contributed by atoms with van der Waals surface area (Å²) in [5.74, 6) is -1.06. The fraction of sp³-hybridized carbons (Fsp3) is 0.452. The van der Waals surface area contributed by atoms with E-state index in [1.807, 2.05) is 75.4 Å². The molecule has 0 aromatic heterocycles. The molecule has 0 saturated carbocycles. The number of alkyl carbamates (subject to hydrolysis) is 1. The third kappa shape index (κ3) is 6.85. The van der Waals surface area contributed by atoms with Crippen LogP contribution in [0.25, 0.3) is 0 Å². The summed E-state index contributed by atoms with van der Waals surface area (Å²) in [6.07, 6.45) is -0.218. The Balaban J connectivity index is 1.41. The zero-order valence-corrected chi connectivity index (χ0v) is 23.9. The monoisotopic (exact) mass is 559 g/mol. The third-order valence-electron chi connectivity index (χ3n) is 7.43. The molecule has 41 heavy (non-hydrogen) atoms. The number of carbonyl (C=O) groups excluding carboxylic acids is 4. The normalized spacial score (nSPS) is 20.9. The number of nitrogens with one attached hydrogen (secondary N) is 3. The van der Waals surface area contributed by atoms with Crippen molar-refractivity contribution in [2.24, 2.45) is 5.41 Å². The van der Waals surface area contributed by atoms with Gasteiger partial charge in [0.15, 0.2) is 0 Å². The van der Waals surface area contributed by atoms with Crippen LogP contribution in [0, 0.1) is 16.7 Å². The predicted octanol–water partition coefficient (Wildman–Crippen LogP) is 3.63. The Bertz CT molecular complexity index is 1350. The van der Waals surface area contributed by atoms with Gasteiger partial charge in [-0.25, -0.2) is 4.79 Å². The van der Waals surface area contributed by atoms with Crippen molar-refractivity contribution in [1.82, 2.24) is 15.5 Å². The van der Waals surface area contributed by atoms with Gasteiger partial charge in [-0.15, -0.1) is 0 Å². The van der Waals surface area contributed by atoms with Crippen LogP contribution in [-0.2, 0) is 31.1 Å². The first-order valence-corrected chi connectivity index (χ1v) is 13.8. The zero-order chi connectivity index (χ0) is 29.8. The van der Waals surface area contributed by atoms with Gasteiger partial charge in [0, 0.05) is 31.1 Å². The van der Waals surface area contributed by atoms with Crippen molar-refractivity contribution in [3.63, 3.8) is 0 Å². The minimum absolute atomic E-state index is 0.0502. The van der Waals surface area contributed by atoms with E-state index in [-0.39, 0.29) is 37.3 Å². The summed E-state index contributed by atoms with van der Waals surface area (Å²) in [5.41, 5.74) is 0.967. The highest BCUT2D eigenvalue weighted by Crippen LogP contribution is 2.46. The predicted molar refractivity (Wildman–Crippen MR) is 152 cm³/mol. The number of anilines is 1. The number of para-hydroxylation sites is 1. The molecule has 0 aliphatic carbocycles. The number of hydrogen-bond acceptors (Lipinski definition) is 6. The van der Waals surface area contributed by atoms with Gasteiger partial charge in [0.25, 0.3) is 0 Å². The molecule has 1 spiro atoms. The standard InChI is InChI=1S/C31H37N5O5/c1-20(33-29(40)41-18-21-10-6-5-7-11-21)14-26(37)34-25(16-30(2,3)4)27(38)36-19-31(15-22(36)17-32)23-12-8-9-13-24(23)35-28(31)39/h5-13,20,22,25H,14-16,18-19H2,1-4H3,(H,33,40)(H,34,37)(H,35,39)/t20-,22?,25-,31-/m0/s1. The van der Waals surface area contributed by atoms with Crippen molar-refractivity contribution in [3.05, 3.63) is 65.7 Å². The van der Waals surface area contributed by atoms with E-state index < -0.39 is 41.4 Å². The number of fused-ring (bicyclic) bond motifs is 2. The molecule has 10 nitrogen and oxygen atoms in total. The molecule has 1 unspecified atom stereocenters. The Morgan fingerprint density at radius 2 is 1.80 bits per heavy atom. The van der Waals surface area contributed by atoms with Gasteiger partial charge in [0.05, 0.1) is 11.5 Å². The number of carbonyl (C=O) groups is 4. The lowest BCUT2D eigenvalue weighted by Gasteiger charge is -2.31. The van der Waals surface area contributed by atoms with Crippen LogP contribution in [0.5, 0.6) is 0 Å². The highest BCUT2D eigenvalue weighted by molar-refractivity contribution is 6.07. The van der Waals surface area contributed by atoms with Gasteiger partial charge in [0.1, 0.15) is 18.7 Å². The molecule has 2 aliphatic heterocycles. The Hall–Kier alpha value is -4.39. The largest absolute Gasteiger partial charge is 0.445 e. The molecule has 4 amide bonds. The van der Waals surface area contributed by atoms with Crippen molar-refractivity contribution >= 4 is 29.5 Å². The molecule has 1 saturated heterocycles. The Morgan fingerprint density at radius 1 is 1.12 bits per heavy atom. The van der Waals surface area contributed by atoms with Gasteiger partial charge in [-0.3, -0.25) is 14.4 Å². The molecule has 2 aromatic carbocycles. The summed E-state index contributed by atoms with van der Waals surface area (Å²) in [7, 11) is 0. The fourth-order valence-electron chi connectivity index (χ4n) is 5.55. The van der Waals surface area contributed by atoms with Crippen molar-refractivity contribution in [3.8, 4) is 6.07 Å². The van der Waals surface area contributed by atoms with Gasteiger partial charge in [0.2, 0.25) is 17.7 Å². The van der Waals surface area contributed by atoms with Gasteiger partial charge in [-0.2, -0.15) is 5.26 Å². The van der Waals surface area contributed by atoms with Gasteiger partial charge in [-0.05, 0) is 36.0 Å². The molecular weight excluding hydrogens is 522 g/mol. The van der Waals surface area contributed by atoms with Gasteiger partial charge < -0.3 is 25.6 Å². The number of rotatable bonds is 8. The molecule has 2 aromatic rings. The number of benzene rings is 2. The van der Waals surface area contributed by atoms with E-state index in [0.29, 0.717) is 12.1 Å². The lowest BCUT2D eigenvalue weighted by Crippen LogP contribution is -2.52. The average molecular weight is 560 g/mol. The van der Waals surface area contributed by atoms with Crippen molar-refractivity contribution in [1.29, 1.82) is 5.26 Å². The number of ether oxygens (including phenoxy) is 1. The SMILES string of the molecule is C[C@@H](CC(=O)N[C@@H](CC(C)(C)C)C(=O)N1C[C@]2(CC1C#N)C(=O)Nc1ccccc12)NC(=O)OCc1ccccc1. The van der Waals surface area contributed by atoms with Crippen molar-refractivity contribution < 1.29 is 23.9 Å². The second-order valence-electron chi connectivity index (χ2n) is 12.1. The summed E-state index contributed by atoms with van der Waals surface area (Å²) in [4.78, 5) is 53.7. The van der Waals surface area contributed by atoms with E-state index in [1.54, 1.807) is 6.92 Å². The molecule has 0 radical (unpaired) electrons. The minimum atomic E-state index is -1.01. The summed E-state index contributed by atoms with van der Waals surface area (Å²) >= 11 is 0.